The van der Waals surface area contributed by atoms with Crippen LogP contribution in [0.15, 0.2) is 40.9 Å². The van der Waals surface area contributed by atoms with Gasteiger partial charge in [-0.3, -0.25) is 0 Å². The number of halogens is 1. The fourth-order valence-electron chi connectivity index (χ4n) is 1.34. The molecule has 1 nitrogen and oxygen atoms in total. The van der Waals surface area contributed by atoms with Crippen molar-refractivity contribution in [2.75, 3.05) is 5.32 Å². The van der Waals surface area contributed by atoms with Crippen LogP contribution in [0.2, 0.25) is 0 Å². The van der Waals surface area contributed by atoms with Gasteiger partial charge in [-0.25, -0.2) is 0 Å². The normalized spacial score (nSPS) is 10.3. The molecule has 0 atom stereocenters. The fourth-order valence-corrected chi connectivity index (χ4v) is 2.43. The van der Waals surface area contributed by atoms with Gasteiger partial charge in [-0.05, 0) is 43.3 Å². The molecule has 0 saturated heterocycles. The van der Waals surface area contributed by atoms with E-state index in [0.717, 1.165) is 16.7 Å². The molecule has 0 aliphatic rings. The van der Waals surface area contributed by atoms with Crippen LogP contribution in [-0.4, -0.2) is 0 Å². The Labute approximate surface area is 102 Å². The third kappa shape index (κ3) is 3.08. The van der Waals surface area contributed by atoms with Crippen LogP contribution in [0.25, 0.3) is 0 Å². The van der Waals surface area contributed by atoms with E-state index in [9.17, 15) is 0 Å². The Morgan fingerprint density at radius 2 is 1.87 bits per heavy atom. The molecule has 1 N–H and O–H groups in total. The molecule has 1 aromatic heterocycles. The second-order valence-electron chi connectivity index (χ2n) is 3.37. The van der Waals surface area contributed by atoms with E-state index in [1.54, 1.807) is 0 Å². The van der Waals surface area contributed by atoms with Gasteiger partial charge >= 0.3 is 0 Å². The van der Waals surface area contributed by atoms with Crippen LogP contribution >= 0.6 is 27.3 Å². The average Bonchev–Trinajstić information content (AvgIpc) is 2.64. The van der Waals surface area contributed by atoms with Crippen LogP contribution in [0, 0.1) is 6.92 Å². The highest BCUT2D eigenvalue weighted by Crippen LogP contribution is 2.18. The van der Waals surface area contributed by atoms with E-state index in [2.05, 4.69) is 52.4 Å². The smallest absolute Gasteiger partial charge is 0.0494 e. The van der Waals surface area contributed by atoms with Crippen molar-refractivity contribution in [2.45, 2.75) is 13.5 Å². The van der Waals surface area contributed by atoms with Gasteiger partial charge in [0.1, 0.15) is 0 Å². The molecule has 1 heterocycles. The first-order valence-electron chi connectivity index (χ1n) is 4.79. The molecule has 2 rings (SSSR count). The largest absolute Gasteiger partial charge is 0.380 e. The van der Waals surface area contributed by atoms with E-state index in [1.807, 2.05) is 23.5 Å². The van der Waals surface area contributed by atoms with Crippen molar-refractivity contribution in [3.05, 3.63) is 50.6 Å². The van der Waals surface area contributed by atoms with Gasteiger partial charge in [0.15, 0.2) is 0 Å². The Kier molecular flexibility index (Phi) is 3.44. The summed E-state index contributed by atoms with van der Waals surface area (Å²) in [7, 11) is 0. The lowest BCUT2D eigenvalue weighted by atomic mass is 10.3. The number of rotatable bonds is 3. The van der Waals surface area contributed by atoms with Gasteiger partial charge in [-0.15, -0.1) is 11.3 Å². The van der Waals surface area contributed by atoms with E-state index in [0.29, 0.717) is 0 Å². The van der Waals surface area contributed by atoms with Gasteiger partial charge in [0.05, 0.1) is 0 Å². The number of hydrogen-bond donors (Lipinski definition) is 1. The van der Waals surface area contributed by atoms with E-state index >= 15 is 0 Å². The lowest BCUT2D eigenvalue weighted by Gasteiger charge is -2.04. The SMILES string of the molecule is Cc1ccc(CNc2ccc(Br)cc2)s1. The molecule has 0 aliphatic carbocycles. The maximum Gasteiger partial charge on any atom is 0.0494 e. The highest BCUT2D eigenvalue weighted by Gasteiger charge is 1.96. The minimum Gasteiger partial charge on any atom is -0.380 e. The van der Waals surface area contributed by atoms with E-state index in [-0.39, 0.29) is 0 Å². The number of anilines is 1. The Hall–Kier alpha value is -0.800. The topological polar surface area (TPSA) is 12.0 Å². The van der Waals surface area contributed by atoms with Crippen molar-refractivity contribution < 1.29 is 0 Å². The molecular weight excluding hydrogens is 270 g/mol. The molecule has 15 heavy (non-hydrogen) atoms. The van der Waals surface area contributed by atoms with Gasteiger partial charge in [0.2, 0.25) is 0 Å². The van der Waals surface area contributed by atoms with Crippen LogP contribution in [0.1, 0.15) is 9.75 Å². The molecule has 2 aromatic rings. The summed E-state index contributed by atoms with van der Waals surface area (Å²) >= 11 is 5.26. The van der Waals surface area contributed by atoms with Crippen molar-refractivity contribution in [1.82, 2.24) is 0 Å². The highest BCUT2D eigenvalue weighted by atomic mass is 79.9. The lowest BCUT2D eigenvalue weighted by molar-refractivity contribution is 1.19. The zero-order chi connectivity index (χ0) is 10.7. The first-order chi connectivity index (χ1) is 7.24. The van der Waals surface area contributed by atoms with Gasteiger partial charge < -0.3 is 5.32 Å². The predicted molar refractivity (Wildman–Crippen MR) is 70.5 cm³/mol. The van der Waals surface area contributed by atoms with Crippen LogP contribution in [0.5, 0.6) is 0 Å². The molecule has 0 amide bonds. The molecule has 78 valence electrons. The number of nitrogens with one attached hydrogen (secondary N) is 1. The van der Waals surface area contributed by atoms with E-state index < -0.39 is 0 Å². The molecule has 0 bridgehead atoms. The molecule has 0 aliphatic heterocycles. The summed E-state index contributed by atoms with van der Waals surface area (Å²) in [4.78, 5) is 2.73. The summed E-state index contributed by atoms with van der Waals surface area (Å²) in [6.45, 7) is 3.04. The van der Waals surface area contributed by atoms with E-state index in [1.165, 1.54) is 9.75 Å². The van der Waals surface area contributed by atoms with Gasteiger partial charge in [-0.1, -0.05) is 15.9 Å². The Morgan fingerprint density at radius 3 is 2.47 bits per heavy atom. The minimum absolute atomic E-state index is 0.903. The van der Waals surface area contributed by atoms with E-state index in [4.69, 9.17) is 0 Å². The summed E-state index contributed by atoms with van der Waals surface area (Å²) in [6.07, 6.45) is 0. The van der Waals surface area contributed by atoms with Gasteiger partial charge in [-0.2, -0.15) is 0 Å². The molecule has 0 unspecified atom stereocenters. The van der Waals surface area contributed by atoms with Gasteiger partial charge in [0.25, 0.3) is 0 Å². The van der Waals surface area contributed by atoms with Crippen molar-refractivity contribution >= 4 is 33.0 Å². The van der Waals surface area contributed by atoms with Crippen LogP contribution in [-0.2, 0) is 6.54 Å². The van der Waals surface area contributed by atoms with Crippen LogP contribution < -0.4 is 5.32 Å². The Morgan fingerprint density at radius 1 is 1.13 bits per heavy atom. The molecule has 0 fully saturated rings. The third-order valence-corrected chi connectivity index (χ3v) is 3.64. The second-order valence-corrected chi connectivity index (χ2v) is 5.66. The standard InChI is InChI=1S/C12H12BrNS/c1-9-2-7-12(15-9)8-14-11-5-3-10(13)4-6-11/h2-7,14H,8H2,1H3. The molecule has 1 aromatic carbocycles. The summed E-state index contributed by atoms with van der Waals surface area (Å²) < 4.78 is 1.11. The summed E-state index contributed by atoms with van der Waals surface area (Å²) in [5, 5.41) is 3.39. The zero-order valence-corrected chi connectivity index (χ0v) is 10.9. The van der Waals surface area contributed by atoms with Gasteiger partial charge in [0, 0.05) is 26.5 Å². The fraction of sp³-hybridized carbons (Fsp3) is 0.167. The summed E-state index contributed by atoms with van der Waals surface area (Å²) in [5.74, 6) is 0. The Bertz CT molecular complexity index is 433. The number of thiophene rings is 1. The monoisotopic (exact) mass is 281 g/mol. The summed E-state index contributed by atoms with van der Waals surface area (Å²) in [6, 6.07) is 12.6. The minimum atomic E-state index is 0.903. The quantitative estimate of drug-likeness (QED) is 0.878. The van der Waals surface area contributed by atoms with Crippen LogP contribution in [0.3, 0.4) is 0 Å². The Balaban J connectivity index is 1.96. The summed E-state index contributed by atoms with van der Waals surface area (Å²) in [5.41, 5.74) is 1.16. The van der Waals surface area contributed by atoms with Crippen LogP contribution in [0.4, 0.5) is 5.69 Å². The number of hydrogen-bond acceptors (Lipinski definition) is 2. The first-order valence-corrected chi connectivity index (χ1v) is 6.40. The van der Waals surface area contributed by atoms with Crippen molar-refractivity contribution in [3.63, 3.8) is 0 Å². The number of benzene rings is 1. The van der Waals surface area contributed by atoms with Crippen molar-refractivity contribution in [3.8, 4) is 0 Å². The first kappa shape index (κ1) is 10.7. The maximum atomic E-state index is 3.42. The van der Waals surface area contributed by atoms with Crippen molar-refractivity contribution in [2.24, 2.45) is 0 Å². The highest BCUT2D eigenvalue weighted by molar-refractivity contribution is 9.10. The van der Waals surface area contributed by atoms with Crippen molar-refractivity contribution in [1.29, 1.82) is 0 Å². The zero-order valence-electron chi connectivity index (χ0n) is 8.46. The maximum absolute atomic E-state index is 3.42. The third-order valence-electron chi connectivity index (χ3n) is 2.11. The molecule has 0 radical (unpaired) electrons. The number of aryl methyl sites for hydroxylation is 1. The predicted octanol–water partition coefficient (Wildman–Crippen LogP) is 4.43. The molecule has 0 saturated carbocycles. The lowest BCUT2D eigenvalue weighted by Crippen LogP contribution is -1.96. The average molecular weight is 282 g/mol. The molecular formula is C12H12BrNS. The molecule has 0 spiro atoms. The second kappa shape index (κ2) is 4.81. The molecule has 3 heteroatoms.